The van der Waals surface area contributed by atoms with E-state index in [1.165, 1.54) is 20.5 Å². The van der Waals surface area contributed by atoms with Crippen LogP contribution in [0.2, 0.25) is 0 Å². The standard InChI is InChI=1S/C13H17N3O4/c1-16-12(14-8-15-16)7-20-13-10(18-2)4-9(6-17)5-11(13)19-3/h4-5,8,17H,6-7H2,1-3H3. The number of hydrogen-bond acceptors (Lipinski definition) is 6. The Kier molecular flexibility index (Phi) is 4.41. The van der Waals surface area contributed by atoms with Crippen LogP contribution in [0.3, 0.4) is 0 Å². The molecule has 20 heavy (non-hydrogen) atoms. The van der Waals surface area contributed by atoms with Crippen molar-refractivity contribution in [2.75, 3.05) is 14.2 Å². The van der Waals surface area contributed by atoms with E-state index in [-0.39, 0.29) is 13.2 Å². The molecule has 0 unspecified atom stereocenters. The first-order valence-corrected chi connectivity index (χ1v) is 6.01. The number of hydrogen-bond donors (Lipinski definition) is 1. The van der Waals surface area contributed by atoms with Crippen LogP contribution in [0, 0.1) is 0 Å². The molecule has 0 fully saturated rings. The van der Waals surface area contributed by atoms with E-state index in [1.54, 1.807) is 23.9 Å². The number of aliphatic hydroxyl groups excluding tert-OH is 1. The molecule has 0 radical (unpaired) electrons. The van der Waals surface area contributed by atoms with Crippen LogP contribution in [-0.4, -0.2) is 34.1 Å². The average Bonchev–Trinajstić information content (AvgIpc) is 2.89. The Morgan fingerprint density at radius 2 is 1.85 bits per heavy atom. The molecular formula is C13H17N3O4. The van der Waals surface area contributed by atoms with Crippen molar-refractivity contribution in [1.29, 1.82) is 0 Å². The highest BCUT2D eigenvalue weighted by atomic mass is 16.5. The molecule has 2 rings (SSSR count). The van der Waals surface area contributed by atoms with Crippen LogP contribution < -0.4 is 14.2 Å². The number of nitrogens with zero attached hydrogens (tertiary/aromatic N) is 3. The van der Waals surface area contributed by atoms with Crippen molar-refractivity contribution in [2.24, 2.45) is 7.05 Å². The summed E-state index contributed by atoms with van der Waals surface area (Å²) in [6.07, 6.45) is 1.46. The molecular weight excluding hydrogens is 262 g/mol. The first kappa shape index (κ1) is 14.1. The summed E-state index contributed by atoms with van der Waals surface area (Å²) < 4.78 is 17.9. The molecule has 0 saturated heterocycles. The molecule has 0 bridgehead atoms. The Morgan fingerprint density at radius 3 is 2.30 bits per heavy atom. The lowest BCUT2D eigenvalue weighted by Crippen LogP contribution is -2.06. The fraction of sp³-hybridized carbons (Fsp3) is 0.385. The van der Waals surface area contributed by atoms with E-state index < -0.39 is 0 Å². The molecule has 0 aliphatic heterocycles. The van der Waals surface area contributed by atoms with Gasteiger partial charge in [-0.15, -0.1) is 0 Å². The van der Waals surface area contributed by atoms with Gasteiger partial charge in [-0.3, -0.25) is 4.68 Å². The highest BCUT2D eigenvalue weighted by Gasteiger charge is 2.15. The largest absolute Gasteiger partial charge is 0.493 e. The molecule has 1 N–H and O–H groups in total. The molecule has 2 aromatic rings. The van der Waals surface area contributed by atoms with Crippen molar-refractivity contribution in [1.82, 2.24) is 14.8 Å². The SMILES string of the molecule is COc1cc(CO)cc(OC)c1OCc1ncnn1C. The second-order valence-electron chi connectivity index (χ2n) is 4.08. The third-order valence-electron chi connectivity index (χ3n) is 2.85. The predicted molar refractivity (Wildman–Crippen MR) is 70.8 cm³/mol. The number of methoxy groups -OCH3 is 2. The van der Waals surface area contributed by atoms with E-state index in [4.69, 9.17) is 14.2 Å². The second kappa shape index (κ2) is 6.25. The van der Waals surface area contributed by atoms with E-state index in [9.17, 15) is 5.11 Å². The summed E-state index contributed by atoms with van der Waals surface area (Å²) in [5.74, 6) is 2.14. The van der Waals surface area contributed by atoms with Gasteiger partial charge in [-0.2, -0.15) is 5.10 Å². The lowest BCUT2D eigenvalue weighted by Gasteiger charge is -2.15. The normalized spacial score (nSPS) is 10.4. The minimum Gasteiger partial charge on any atom is -0.493 e. The quantitative estimate of drug-likeness (QED) is 0.846. The van der Waals surface area contributed by atoms with Crippen molar-refractivity contribution in [3.63, 3.8) is 0 Å². The lowest BCUT2D eigenvalue weighted by molar-refractivity contribution is 0.251. The van der Waals surface area contributed by atoms with E-state index in [0.29, 0.717) is 28.6 Å². The van der Waals surface area contributed by atoms with Gasteiger partial charge in [0.25, 0.3) is 0 Å². The van der Waals surface area contributed by atoms with Gasteiger partial charge in [0.1, 0.15) is 12.9 Å². The van der Waals surface area contributed by atoms with Crippen LogP contribution in [0.4, 0.5) is 0 Å². The van der Waals surface area contributed by atoms with Crippen LogP contribution in [0.15, 0.2) is 18.5 Å². The number of aliphatic hydroxyl groups is 1. The molecule has 0 aliphatic carbocycles. The number of benzene rings is 1. The zero-order valence-corrected chi connectivity index (χ0v) is 11.7. The maximum absolute atomic E-state index is 9.21. The van der Waals surface area contributed by atoms with Crippen LogP contribution >= 0.6 is 0 Å². The van der Waals surface area contributed by atoms with Gasteiger partial charge in [-0.25, -0.2) is 4.98 Å². The smallest absolute Gasteiger partial charge is 0.204 e. The highest BCUT2D eigenvalue weighted by molar-refractivity contribution is 5.53. The zero-order valence-electron chi connectivity index (χ0n) is 11.7. The van der Waals surface area contributed by atoms with E-state index >= 15 is 0 Å². The lowest BCUT2D eigenvalue weighted by atomic mass is 10.2. The first-order chi connectivity index (χ1) is 9.69. The number of aromatic nitrogens is 3. The van der Waals surface area contributed by atoms with Crippen LogP contribution in [-0.2, 0) is 20.3 Å². The fourth-order valence-corrected chi connectivity index (χ4v) is 1.76. The Bertz CT molecular complexity index is 558. The van der Waals surface area contributed by atoms with Crippen molar-refractivity contribution >= 4 is 0 Å². The number of rotatable bonds is 6. The highest BCUT2D eigenvalue weighted by Crippen LogP contribution is 2.38. The predicted octanol–water partition coefficient (Wildman–Crippen LogP) is 0.904. The van der Waals surface area contributed by atoms with Crippen molar-refractivity contribution in [3.8, 4) is 17.2 Å². The Labute approximate surface area is 116 Å². The van der Waals surface area contributed by atoms with E-state index in [2.05, 4.69) is 10.1 Å². The summed E-state index contributed by atoms with van der Waals surface area (Å²) in [4.78, 5) is 4.08. The van der Waals surface area contributed by atoms with E-state index in [0.717, 1.165) is 0 Å². The van der Waals surface area contributed by atoms with E-state index in [1.807, 2.05) is 0 Å². The van der Waals surface area contributed by atoms with Crippen molar-refractivity contribution in [3.05, 3.63) is 29.8 Å². The molecule has 0 aliphatic rings. The molecule has 0 atom stereocenters. The van der Waals surface area contributed by atoms with Crippen LogP contribution in [0.5, 0.6) is 17.2 Å². The fourth-order valence-electron chi connectivity index (χ4n) is 1.76. The topological polar surface area (TPSA) is 78.6 Å². The van der Waals surface area contributed by atoms with Gasteiger partial charge in [-0.05, 0) is 17.7 Å². The van der Waals surface area contributed by atoms with Crippen LogP contribution in [0.25, 0.3) is 0 Å². The summed E-state index contributed by atoms with van der Waals surface area (Å²) in [6.45, 7) is 0.137. The Morgan fingerprint density at radius 1 is 1.20 bits per heavy atom. The van der Waals surface area contributed by atoms with Crippen molar-refractivity contribution < 1.29 is 19.3 Å². The molecule has 1 aromatic heterocycles. The maximum atomic E-state index is 9.21. The monoisotopic (exact) mass is 279 g/mol. The number of aryl methyl sites for hydroxylation is 1. The third-order valence-corrected chi connectivity index (χ3v) is 2.85. The van der Waals surface area contributed by atoms with Crippen molar-refractivity contribution in [2.45, 2.75) is 13.2 Å². The summed E-state index contributed by atoms with van der Waals surface area (Å²) >= 11 is 0. The van der Waals surface area contributed by atoms with Gasteiger partial charge in [0.05, 0.1) is 20.8 Å². The molecule has 1 aromatic carbocycles. The summed E-state index contributed by atoms with van der Waals surface area (Å²) in [5.41, 5.74) is 0.685. The van der Waals surface area contributed by atoms with Crippen LogP contribution in [0.1, 0.15) is 11.4 Å². The summed E-state index contributed by atoms with van der Waals surface area (Å²) in [6, 6.07) is 3.41. The summed E-state index contributed by atoms with van der Waals surface area (Å²) in [5, 5.41) is 13.2. The van der Waals surface area contributed by atoms with Gasteiger partial charge in [0.15, 0.2) is 17.3 Å². The zero-order chi connectivity index (χ0) is 14.5. The van der Waals surface area contributed by atoms with Gasteiger partial charge in [0.2, 0.25) is 5.75 Å². The molecule has 108 valence electrons. The van der Waals surface area contributed by atoms with Gasteiger partial charge in [0, 0.05) is 7.05 Å². The minimum atomic E-state index is -0.101. The first-order valence-electron chi connectivity index (χ1n) is 6.01. The molecule has 0 spiro atoms. The minimum absolute atomic E-state index is 0.101. The second-order valence-corrected chi connectivity index (χ2v) is 4.08. The average molecular weight is 279 g/mol. The van der Waals surface area contributed by atoms with Gasteiger partial charge >= 0.3 is 0 Å². The molecule has 7 nitrogen and oxygen atoms in total. The number of ether oxygens (including phenoxy) is 3. The summed E-state index contributed by atoms with van der Waals surface area (Å²) in [7, 11) is 4.85. The molecule has 7 heteroatoms. The Hall–Kier alpha value is -2.28. The molecule has 0 amide bonds. The maximum Gasteiger partial charge on any atom is 0.204 e. The Balaban J connectivity index is 2.27. The van der Waals surface area contributed by atoms with Gasteiger partial charge < -0.3 is 19.3 Å². The molecule has 1 heterocycles. The third kappa shape index (κ3) is 2.83. The van der Waals surface area contributed by atoms with Gasteiger partial charge in [-0.1, -0.05) is 0 Å². The molecule has 0 saturated carbocycles.